The summed E-state index contributed by atoms with van der Waals surface area (Å²) in [6.07, 6.45) is 4.33. The molecule has 0 bridgehead atoms. The zero-order valence-electron chi connectivity index (χ0n) is 16.9. The van der Waals surface area contributed by atoms with E-state index in [0.717, 1.165) is 31.4 Å². The molecule has 5 rings (SSSR count). The SMILES string of the molecule is COc1ccccc1Nc1nn2c(=O)c3ccc(C(=O)NC4CCCC4)cc3nc2s1. The van der Waals surface area contributed by atoms with Gasteiger partial charge >= 0.3 is 0 Å². The topological polar surface area (TPSA) is 97.6 Å². The number of hydrogen-bond acceptors (Lipinski definition) is 7. The van der Waals surface area contributed by atoms with E-state index in [1.54, 1.807) is 25.3 Å². The van der Waals surface area contributed by atoms with Gasteiger partial charge in [0.15, 0.2) is 0 Å². The van der Waals surface area contributed by atoms with Gasteiger partial charge in [-0.05, 0) is 43.2 Å². The van der Waals surface area contributed by atoms with Crippen LogP contribution in [0.3, 0.4) is 0 Å². The third kappa shape index (κ3) is 3.72. The van der Waals surface area contributed by atoms with E-state index in [4.69, 9.17) is 4.74 Å². The van der Waals surface area contributed by atoms with Gasteiger partial charge < -0.3 is 15.4 Å². The molecule has 1 saturated carbocycles. The zero-order chi connectivity index (χ0) is 21.4. The molecule has 4 aromatic rings. The van der Waals surface area contributed by atoms with E-state index in [1.165, 1.54) is 15.9 Å². The fourth-order valence-corrected chi connectivity index (χ4v) is 4.71. The van der Waals surface area contributed by atoms with Gasteiger partial charge in [0.1, 0.15) is 5.75 Å². The largest absolute Gasteiger partial charge is 0.495 e. The van der Waals surface area contributed by atoms with E-state index in [1.807, 2.05) is 24.3 Å². The quantitative estimate of drug-likeness (QED) is 0.496. The lowest BCUT2D eigenvalue weighted by Gasteiger charge is -2.12. The number of fused-ring (bicyclic) bond motifs is 2. The minimum Gasteiger partial charge on any atom is -0.495 e. The summed E-state index contributed by atoms with van der Waals surface area (Å²) in [5, 5.41) is 11.6. The van der Waals surface area contributed by atoms with Gasteiger partial charge in [-0.2, -0.15) is 4.52 Å². The minimum atomic E-state index is -0.271. The molecule has 1 aliphatic rings. The number of amides is 1. The molecule has 9 heteroatoms. The van der Waals surface area contributed by atoms with E-state index in [0.29, 0.717) is 32.3 Å². The van der Waals surface area contributed by atoms with Crippen molar-refractivity contribution in [3.63, 3.8) is 0 Å². The normalized spacial score (nSPS) is 14.2. The molecule has 2 aromatic heterocycles. The molecule has 0 saturated heterocycles. The highest BCUT2D eigenvalue weighted by molar-refractivity contribution is 7.20. The molecule has 1 fully saturated rings. The maximum atomic E-state index is 13.0. The van der Waals surface area contributed by atoms with Crippen molar-refractivity contribution < 1.29 is 9.53 Å². The van der Waals surface area contributed by atoms with Crippen molar-refractivity contribution in [2.75, 3.05) is 12.4 Å². The van der Waals surface area contributed by atoms with Crippen molar-refractivity contribution in [3.8, 4) is 5.75 Å². The second-order valence-electron chi connectivity index (χ2n) is 7.53. The van der Waals surface area contributed by atoms with Crippen LogP contribution in [0.2, 0.25) is 0 Å². The summed E-state index contributed by atoms with van der Waals surface area (Å²) in [5.74, 6) is 0.545. The Morgan fingerprint density at radius 2 is 2.00 bits per heavy atom. The van der Waals surface area contributed by atoms with Gasteiger partial charge in [-0.3, -0.25) is 9.59 Å². The van der Waals surface area contributed by atoms with Crippen molar-refractivity contribution in [2.45, 2.75) is 31.7 Å². The highest BCUT2D eigenvalue weighted by Gasteiger charge is 2.19. The van der Waals surface area contributed by atoms with Gasteiger partial charge in [-0.15, -0.1) is 5.10 Å². The Balaban J connectivity index is 1.49. The number of rotatable bonds is 5. The number of para-hydroxylation sites is 2. The standard InChI is InChI=1S/C22H21N5O3S/c1-30-18-9-5-4-8-16(18)24-21-26-27-20(29)15-11-10-13(12-17(15)25-22(27)31-21)19(28)23-14-6-2-3-7-14/h4-5,8-12,14H,2-3,6-7H2,1H3,(H,23,28)(H,24,26). The van der Waals surface area contributed by atoms with Crippen LogP contribution in [0, 0.1) is 0 Å². The fourth-order valence-electron chi connectivity index (χ4n) is 3.90. The van der Waals surface area contributed by atoms with Gasteiger partial charge in [0, 0.05) is 11.6 Å². The van der Waals surface area contributed by atoms with Crippen LogP contribution in [-0.4, -0.2) is 33.7 Å². The molecule has 2 aromatic carbocycles. The number of aromatic nitrogens is 3. The Kier molecular flexibility index (Phi) is 5.03. The van der Waals surface area contributed by atoms with Crippen molar-refractivity contribution in [2.24, 2.45) is 0 Å². The van der Waals surface area contributed by atoms with E-state index in [2.05, 4.69) is 20.7 Å². The molecule has 8 nitrogen and oxygen atoms in total. The summed E-state index contributed by atoms with van der Waals surface area (Å²) in [7, 11) is 1.60. The second-order valence-corrected chi connectivity index (χ2v) is 8.49. The summed E-state index contributed by atoms with van der Waals surface area (Å²) in [6, 6.07) is 12.7. The molecule has 0 aliphatic heterocycles. The first-order valence-electron chi connectivity index (χ1n) is 10.2. The van der Waals surface area contributed by atoms with Gasteiger partial charge in [0.25, 0.3) is 11.5 Å². The van der Waals surface area contributed by atoms with Crippen LogP contribution in [0.5, 0.6) is 5.75 Å². The summed E-state index contributed by atoms with van der Waals surface area (Å²) < 4.78 is 6.63. The number of ether oxygens (including phenoxy) is 1. The molecular formula is C22H21N5O3S. The lowest BCUT2D eigenvalue weighted by molar-refractivity contribution is 0.0938. The molecule has 0 unspecified atom stereocenters. The number of nitrogens with one attached hydrogen (secondary N) is 2. The first-order chi connectivity index (χ1) is 15.1. The van der Waals surface area contributed by atoms with Crippen molar-refractivity contribution >= 4 is 43.9 Å². The van der Waals surface area contributed by atoms with Gasteiger partial charge in [-0.25, -0.2) is 4.98 Å². The molecule has 0 radical (unpaired) electrons. The summed E-state index contributed by atoms with van der Waals surface area (Å²) in [4.78, 5) is 30.6. The lowest BCUT2D eigenvalue weighted by atomic mass is 10.1. The molecule has 2 heterocycles. The predicted octanol–water partition coefficient (Wildman–Crippen LogP) is 3.73. The average Bonchev–Trinajstić information content (AvgIpc) is 3.43. The Morgan fingerprint density at radius 3 is 2.81 bits per heavy atom. The van der Waals surface area contributed by atoms with Crippen molar-refractivity contribution in [3.05, 3.63) is 58.4 Å². The number of nitrogens with zero attached hydrogens (tertiary/aromatic N) is 3. The Hall–Kier alpha value is -3.46. The molecule has 1 aliphatic carbocycles. The lowest BCUT2D eigenvalue weighted by Crippen LogP contribution is -2.32. The third-order valence-electron chi connectivity index (χ3n) is 5.50. The second kappa shape index (κ2) is 7.99. The summed E-state index contributed by atoms with van der Waals surface area (Å²) >= 11 is 1.25. The van der Waals surface area contributed by atoms with Crippen LogP contribution in [0.25, 0.3) is 15.9 Å². The van der Waals surface area contributed by atoms with Crippen LogP contribution < -0.4 is 20.9 Å². The van der Waals surface area contributed by atoms with Crippen molar-refractivity contribution in [1.82, 2.24) is 19.9 Å². The zero-order valence-corrected chi connectivity index (χ0v) is 17.7. The Morgan fingerprint density at radius 1 is 1.19 bits per heavy atom. The van der Waals surface area contributed by atoms with Crippen LogP contribution in [0.1, 0.15) is 36.0 Å². The van der Waals surface area contributed by atoms with Crippen LogP contribution in [-0.2, 0) is 0 Å². The summed E-state index contributed by atoms with van der Waals surface area (Å²) in [5.41, 5.74) is 1.46. The third-order valence-corrected chi connectivity index (χ3v) is 6.32. The first kappa shape index (κ1) is 19.5. The van der Waals surface area contributed by atoms with Gasteiger partial charge in [0.2, 0.25) is 10.1 Å². The molecule has 1 amide bonds. The molecular weight excluding hydrogens is 414 g/mol. The average molecular weight is 436 g/mol. The number of carbonyl (C=O) groups is 1. The fraction of sp³-hybridized carbons (Fsp3) is 0.273. The number of carbonyl (C=O) groups excluding carboxylic acids is 1. The maximum Gasteiger partial charge on any atom is 0.283 e. The van der Waals surface area contributed by atoms with Gasteiger partial charge in [-0.1, -0.05) is 36.3 Å². The highest BCUT2D eigenvalue weighted by Crippen LogP contribution is 2.29. The monoisotopic (exact) mass is 435 g/mol. The predicted molar refractivity (Wildman–Crippen MR) is 121 cm³/mol. The van der Waals surface area contributed by atoms with Crippen LogP contribution in [0.4, 0.5) is 10.8 Å². The van der Waals surface area contributed by atoms with Crippen LogP contribution in [0.15, 0.2) is 47.3 Å². The van der Waals surface area contributed by atoms with Crippen LogP contribution >= 0.6 is 11.3 Å². The van der Waals surface area contributed by atoms with E-state index < -0.39 is 0 Å². The maximum absolute atomic E-state index is 13.0. The number of hydrogen-bond donors (Lipinski definition) is 2. The number of methoxy groups -OCH3 is 1. The molecule has 0 spiro atoms. The van der Waals surface area contributed by atoms with Crippen molar-refractivity contribution in [1.29, 1.82) is 0 Å². The molecule has 31 heavy (non-hydrogen) atoms. The highest BCUT2D eigenvalue weighted by atomic mass is 32.1. The molecule has 158 valence electrons. The van der Waals surface area contributed by atoms with Gasteiger partial charge in [0.05, 0.1) is 23.7 Å². The summed E-state index contributed by atoms with van der Waals surface area (Å²) in [6.45, 7) is 0. The number of anilines is 2. The minimum absolute atomic E-state index is 0.126. The number of benzene rings is 2. The van der Waals surface area contributed by atoms with E-state index >= 15 is 0 Å². The molecule has 0 atom stereocenters. The first-order valence-corrected chi connectivity index (χ1v) is 11.0. The molecule has 2 N–H and O–H groups in total. The van der Waals surface area contributed by atoms with E-state index in [9.17, 15) is 9.59 Å². The van der Waals surface area contributed by atoms with E-state index in [-0.39, 0.29) is 17.5 Å². The smallest absolute Gasteiger partial charge is 0.283 e. The Bertz CT molecular complexity index is 1340. The Labute approximate surface area is 181 Å².